The van der Waals surface area contributed by atoms with Gasteiger partial charge in [0, 0.05) is 18.9 Å². The standard InChI is InChI=1S/C47H34N2/c1-2-45-48-43-21-10-11-22-44(43)49(45)38-29-27-34(28-30-38)33-23-25-35(26-24-33)46-39-17-6-8-19-41(39)47(42-20-9-7-18-40(42)46)37-16-12-15-36(31-37)32-13-4-3-5-14-32/h3-31H,2H2,1H3/i1D3,2D2. The lowest BCUT2D eigenvalue weighted by Gasteiger charge is -2.18. The van der Waals surface area contributed by atoms with Gasteiger partial charge in [-0.2, -0.15) is 0 Å². The molecule has 232 valence electrons. The number of aromatic nitrogens is 2. The predicted molar refractivity (Wildman–Crippen MR) is 207 cm³/mol. The first-order valence-electron chi connectivity index (χ1n) is 19.0. The Morgan fingerprint density at radius 3 is 1.61 bits per heavy atom. The Balaban J connectivity index is 1.12. The van der Waals surface area contributed by atoms with Gasteiger partial charge in [-0.05, 0) is 96.4 Å². The molecule has 0 radical (unpaired) electrons. The van der Waals surface area contributed by atoms with Gasteiger partial charge in [0.15, 0.2) is 0 Å². The van der Waals surface area contributed by atoms with Crippen molar-refractivity contribution in [3.63, 3.8) is 0 Å². The summed E-state index contributed by atoms with van der Waals surface area (Å²) in [4.78, 5) is 4.46. The highest BCUT2D eigenvalue weighted by Gasteiger charge is 2.17. The van der Waals surface area contributed by atoms with E-state index in [2.05, 4.69) is 126 Å². The summed E-state index contributed by atoms with van der Waals surface area (Å²) in [5, 5.41) is 4.78. The van der Waals surface area contributed by atoms with E-state index in [1.165, 1.54) is 49.4 Å². The summed E-state index contributed by atoms with van der Waals surface area (Å²) in [5.74, 6) is -0.143. The minimum atomic E-state index is -2.89. The molecule has 0 unspecified atom stereocenters. The van der Waals surface area contributed by atoms with Crippen molar-refractivity contribution in [1.29, 1.82) is 0 Å². The average Bonchev–Trinajstić information content (AvgIpc) is 3.61. The molecule has 0 aliphatic carbocycles. The zero-order chi connectivity index (χ0) is 37.0. The summed E-state index contributed by atoms with van der Waals surface area (Å²) in [7, 11) is 0. The second-order valence-electron chi connectivity index (χ2n) is 12.3. The van der Waals surface area contributed by atoms with Crippen molar-refractivity contribution in [3.8, 4) is 50.2 Å². The Kier molecular flexibility index (Phi) is 5.91. The van der Waals surface area contributed by atoms with Crippen LogP contribution in [0.1, 0.15) is 19.5 Å². The van der Waals surface area contributed by atoms with Crippen LogP contribution in [-0.2, 0) is 6.37 Å². The maximum Gasteiger partial charge on any atom is 0.114 e. The molecule has 9 rings (SSSR count). The SMILES string of the molecule is [2H]C([2H])([2H])C([2H])([2H])c1nc2ccccc2n1-c1ccc(-c2ccc(-c3c4ccccc4c(-c4cccc(-c5ccccc5)c4)c4ccccc34)cc2)cc1. The van der Waals surface area contributed by atoms with E-state index in [4.69, 9.17) is 6.85 Å². The molecule has 0 amide bonds. The van der Waals surface area contributed by atoms with Crippen molar-refractivity contribution in [1.82, 2.24) is 9.55 Å². The minimum absolute atomic E-state index is 0.143. The number of fused-ring (bicyclic) bond motifs is 3. The van der Waals surface area contributed by atoms with E-state index in [0.717, 1.165) is 16.7 Å². The molecular weight excluding hydrogens is 593 g/mol. The molecule has 0 saturated carbocycles. The molecule has 0 spiro atoms. The molecule has 0 atom stereocenters. The number of hydrogen-bond acceptors (Lipinski definition) is 1. The number of aryl methyl sites for hydroxylation is 1. The van der Waals surface area contributed by atoms with Crippen LogP contribution in [0.3, 0.4) is 0 Å². The summed E-state index contributed by atoms with van der Waals surface area (Å²) in [6.07, 6.45) is -2.65. The normalized spacial score (nSPS) is 13.5. The van der Waals surface area contributed by atoms with Crippen LogP contribution in [0.4, 0.5) is 0 Å². The predicted octanol–water partition coefficient (Wildman–Crippen LogP) is 12.6. The largest absolute Gasteiger partial charge is 0.296 e. The zero-order valence-corrected chi connectivity index (χ0v) is 26.6. The van der Waals surface area contributed by atoms with Gasteiger partial charge in [-0.1, -0.05) is 152 Å². The quantitative estimate of drug-likeness (QED) is 0.167. The topological polar surface area (TPSA) is 17.8 Å². The van der Waals surface area contributed by atoms with Crippen molar-refractivity contribution in [3.05, 3.63) is 182 Å². The number of imidazole rings is 1. The molecule has 2 heteroatoms. The molecule has 0 N–H and O–H groups in total. The molecule has 0 aliphatic rings. The van der Waals surface area contributed by atoms with Crippen molar-refractivity contribution in [2.45, 2.75) is 13.2 Å². The molecule has 2 nitrogen and oxygen atoms in total. The summed E-state index contributed by atoms with van der Waals surface area (Å²) in [5.41, 5.74) is 10.9. The second kappa shape index (κ2) is 12.1. The van der Waals surface area contributed by atoms with E-state index >= 15 is 0 Å². The maximum absolute atomic E-state index is 8.53. The number of benzene rings is 8. The Bertz CT molecular complexity index is 2760. The lowest BCUT2D eigenvalue weighted by molar-refractivity contribution is 0.908. The zero-order valence-electron chi connectivity index (χ0n) is 31.6. The fourth-order valence-electron chi connectivity index (χ4n) is 7.24. The van der Waals surface area contributed by atoms with Crippen molar-refractivity contribution >= 4 is 32.6 Å². The van der Waals surface area contributed by atoms with Gasteiger partial charge < -0.3 is 0 Å². The van der Waals surface area contributed by atoms with Crippen LogP contribution < -0.4 is 0 Å². The number of para-hydroxylation sites is 2. The van der Waals surface area contributed by atoms with E-state index < -0.39 is 13.2 Å². The third-order valence-electron chi connectivity index (χ3n) is 9.49. The first kappa shape index (κ1) is 24.0. The number of hydrogen-bond donors (Lipinski definition) is 0. The van der Waals surface area contributed by atoms with E-state index in [-0.39, 0.29) is 5.82 Å². The van der Waals surface area contributed by atoms with Crippen LogP contribution in [0.5, 0.6) is 0 Å². The number of nitrogens with zero attached hydrogens (tertiary/aromatic N) is 2. The molecule has 1 heterocycles. The van der Waals surface area contributed by atoms with Crippen LogP contribution in [0.2, 0.25) is 0 Å². The molecular formula is C47H34N2. The van der Waals surface area contributed by atoms with Crippen molar-refractivity contribution < 1.29 is 6.85 Å². The lowest BCUT2D eigenvalue weighted by Crippen LogP contribution is -1.99. The second-order valence-corrected chi connectivity index (χ2v) is 12.3. The molecule has 0 aliphatic heterocycles. The smallest absolute Gasteiger partial charge is 0.114 e. The van der Waals surface area contributed by atoms with Gasteiger partial charge in [0.1, 0.15) is 5.82 Å². The van der Waals surface area contributed by atoms with E-state index in [1.807, 2.05) is 48.5 Å². The van der Waals surface area contributed by atoms with E-state index in [9.17, 15) is 0 Å². The Labute approximate surface area is 293 Å². The van der Waals surface area contributed by atoms with E-state index in [0.29, 0.717) is 16.7 Å². The third-order valence-corrected chi connectivity index (χ3v) is 9.49. The first-order chi connectivity index (χ1) is 26.2. The lowest BCUT2D eigenvalue weighted by atomic mass is 9.85. The van der Waals surface area contributed by atoms with Gasteiger partial charge in [-0.3, -0.25) is 4.57 Å². The van der Waals surface area contributed by atoms with Crippen LogP contribution in [-0.4, -0.2) is 9.55 Å². The highest BCUT2D eigenvalue weighted by molar-refractivity contribution is 6.21. The van der Waals surface area contributed by atoms with Crippen LogP contribution >= 0.6 is 0 Å². The number of rotatable bonds is 6. The Hall–Kier alpha value is -6.25. The average molecular weight is 632 g/mol. The van der Waals surface area contributed by atoms with Crippen LogP contribution in [0.25, 0.3) is 82.8 Å². The molecule has 9 aromatic rings. The Morgan fingerprint density at radius 2 is 0.959 bits per heavy atom. The maximum atomic E-state index is 8.53. The van der Waals surface area contributed by atoms with Crippen molar-refractivity contribution in [2.24, 2.45) is 0 Å². The van der Waals surface area contributed by atoms with Crippen molar-refractivity contribution in [2.75, 3.05) is 0 Å². The molecule has 8 aromatic carbocycles. The van der Waals surface area contributed by atoms with Gasteiger partial charge >= 0.3 is 0 Å². The highest BCUT2D eigenvalue weighted by Crippen LogP contribution is 2.44. The molecule has 1 aromatic heterocycles. The monoisotopic (exact) mass is 631 g/mol. The fourth-order valence-corrected chi connectivity index (χ4v) is 7.24. The molecule has 0 saturated heterocycles. The van der Waals surface area contributed by atoms with Crippen LogP contribution in [0, 0.1) is 0 Å². The molecule has 0 fully saturated rings. The summed E-state index contributed by atoms with van der Waals surface area (Å²) < 4.78 is 42.4. The minimum Gasteiger partial charge on any atom is -0.296 e. The first-order valence-corrected chi connectivity index (χ1v) is 16.5. The Morgan fingerprint density at radius 1 is 0.469 bits per heavy atom. The van der Waals surface area contributed by atoms with E-state index in [1.54, 1.807) is 10.6 Å². The molecule has 0 bridgehead atoms. The van der Waals surface area contributed by atoms with Gasteiger partial charge in [0.25, 0.3) is 0 Å². The van der Waals surface area contributed by atoms with Gasteiger partial charge in [-0.15, -0.1) is 0 Å². The fraction of sp³-hybridized carbons (Fsp3) is 0.0426. The highest BCUT2D eigenvalue weighted by atomic mass is 15.1. The molecule has 49 heavy (non-hydrogen) atoms. The summed E-state index contributed by atoms with van der Waals surface area (Å²) >= 11 is 0. The van der Waals surface area contributed by atoms with Gasteiger partial charge in [0.05, 0.1) is 11.0 Å². The third kappa shape index (κ3) is 5.01. The summed E-state index contributed by atoms with van der Waals surface area (Å²) in [6.45, 7) is -2.89. The van der Waals surface area contributed by atoms with Crippen LogP contribution in [0.15, 0.2) is 176 Å². The summed E-state index contributed by atoms with van der Waals surface area (Å²) in [6, 6.07) is 60.3. The van der Waals surface area contributed by atoms with Gasteiger partial charge in [0.2, 0.25) is 0 Å². The van der Waals surface area contributed by atoms with Gasteiger partial charge in [-0.25, -0.2) is 4.98 Å².